The SMILES string of the molecule is CCOC(=O)C(/C(N)=N/N=Cc1ccc(F)c(Oc2ccccc2)c1)=C(/O)OCC. The van der Waals surface area contributed by atoms with E-state index >= 15 is 0 Å². The molecular formula is C21H22FN3O5. The van der Waals surface area contributed by atoms with Crippen molar-refractivity contribution in [2.45, 2.75) is 13.8 Å². The Labute approximate surface area is 173 Å². The Morgan fingerprint density at radius 1 is 1.13 bits per heavy atom. The molecule has 0 fully saturated rings. The van der Waals surface area contributed by atoms with Gasteiger partial charge in [0.2, 0.25) is 0 Å². The normalized spacial score (nSPS) is 12.4. The van der Waals surface area contributed by atoms with Gasteiger partial charge in [0, 0.05) is 0 Å². The topological polar surface area (TPSA) is 116 Å². The van der Waals surface area contributed by atoms with Crippen LogP contribution < -0.4 is 10.5 Å². The molecule has 0 bridgehead atoms. The Kier molecular flexibility index (Phi) is 8.37. The second-order valence-electron chi connectivity index (χ2n) is 5.67. The van der Waals surface area contributed by atoms with Gasteiger partial charge in [0.05, 0.1) is 19.4 Å². The third-order valence-corrected chi connectivity index (χ3v) is 3.53. The molecule has 0 aromatic heterocycles. The number of nitrogens with zero attached hydrogens (tertiary/aromatic N) is 2. The highest BCUT2D eigenvalue weighted by Crippen LogP contribution is 2.24. The molecule has 2 aromatic carbocycles. The molecule has 0 aliphatic rings. The van der Waals surface area contributed by atoms with Gasteiger partial charge in [-0.05, 0) is 43.7 Å². The van der Waals surface area contributed by atoms with Crippen LogP contribution >= 0.6 is 0 Å². The van der Waals surface area contributed by atoms with E-state index in [1.165, 1.54) is 24.4 Å². The van der Waals surface area contributed by atoms with Crippen LogP contribution in [0.3, 0.4) is 0 Å². The van der Waals surface area contributed by atoms with Gasteiger partial charge in [-0.15, -0.1) is 5.10 Å². The molecule has 0 saturated heterocycles. The first-order valence-electron chi connectivity index (χ1n) is 9.08. The number of para-hydroxylation sites is 1. The average molecular weight is 415 g/mol. The number of halogens is 1. The molecule has 0 heterocycles. The lowest BCUT2D eigenvalue weighted by molar-refractivity contribution is -0.138. The Hall–Kier alpha value is -3.88. The molecule has 0 aliphatic heterocycles. The van der Waals surface area contributed by atoms with Crippen LogP contribution in [0.4, 0.5) is 4.39 Å². The van der Waals surface area contributed by atoms with Crippen LogP contribution in [0.15, 0.2) is 70.3 Å². The molecule has 9 heteroatoms. The van der Waals surface area contributed by atoms with Crippen molar-refractivity contribution >= 4 is 18.0 Å². The van der Waals surface area contributed by atoms with Crippen LogP contribution in [0.25, 0.3) is 0 Å². The molecule has 30 heavy (non-hydrogen) atoms. The minimum Gasteiger partial charge on any atom is -0.480 e. The van der Waals surface area contributed by atoms with E-state index in [4.69, 9.17) is 19.9 Å². The molecule has 0 saturated carbocycles. The van der Waals surface area contributed by atoms with Gasteiger partial charge in [0.1, 0.15) is 5.75 Å². The summed E-state index contributed by atoms with van der Waals surface area (Å²) in [6.45, 7) is 3.39. The summed E-state index contributed by atoms with van der Waals surface area (Å²) in [7, 11) is 0. The zero-order valence-corrected chi connectivity index (χ0v) is 16.5. The second-order valence-corrected chi connectivity index (χ2v) is 5.67. The van der Waals surface area contributed by atoms with Gasteiger partial charge in [-0.1, -0.05) is 24.3 Å². The van der Waals surface area contributed by atoms with Crippen LogP contribution in [-0.4, -0.2) is 36.3 Å². The van der Waals surface area contributed by atoms with Gasteiger partial charge < -0.3 is 25.1 Å². The largest absolute Gasteiger partial charge is 0.480 e. The monoisotopic (exact) mass is 415 g/mol. The summed E-state index contributed by atoms with van der Waals surface area (Å²) < 4.78 is 29.3. The maximum absolute atomic E-state index is 14.0. The number of carbonyl (C=O) groups excluding carboxylic acids is 1. The number of esters is 1. The predicted octanol–water partition coefficient (Wildman–Crippen LogP) is 3.68. The number of benzene rings is 2. The van der Waals surface area contributed by atoms with Crippen molar-refractivity contribution in [3.05, 3.63) is 71.4 Å². The number of hydrogen-bond donors (Lipinski definition) is 2. The fraction of sp³-hybridized carbons (Fsp3) is 0.190. The molecule has 2 rings (SSSR count). The molecule has 0 spiro atoms. The zero-order chi connectivity index (χ0) is 21.9. The Morgan fingerprint density at radius 3 is 2.50 bits per heavy atom. The minimum absolute atomic E-state index is 0.00296. The van der Waals surface area contributed by atoms with Crippen molar-refractivity contribution in [1.29, 1.82) is 0 Å². The summed E-state index contributed by atoms with van der Waals surface area (Å²) in [6.07, 6.45) is 1.28. The van der Waals surface area contributed by atoms with E-state index < -0.39 is 29.1 Å². The number of aliphatic hydroxyl groups excluding tert-OH is 1. The van der Waals surface area contributed by atoms with Crippen LogP contribution in [0, 0.1) is 5.82 Å². The van der Waals surface area contributed by atoms with Gasteiger partial charge in [-0.25, -0.2) is 9.18 Å². The van der Waals surface area contributed by atoms with Crippen molar-refractivity contribution in [3.63, 3.8) is 0 Å². The van der Waals surface area contributed by atoms with Crippen molar-refractivity contribution in [3.8, 4) is 11.5 Å². The van der Waals surface area contributed by atoms with Gasteiger partial charge >= 0.3 is 5.97 Å². The highest BCUT2D eigenvalue weighted by atomic mass is 19.1. The van der Waals surface area contributed by atoms with Crippen LogP contribution in [0.1, 0.15) is 19.4 Å². The van der Waals surface area contributed by atoms with Crippen molar-refractivity contribution < 1.29 is 28.5 Å². The fourth-order valence-corrected chi connectivity index (χ4v) is 2.22. The quantitative estimate of drug-likeness (QED) is 0.161. The Bertz CT molecular complexity index is 958. The van der Waals surface area contributed by atoms with Crippen LogP contribution in [0.5, 0.6) is 11.5 Å². The highest BCUT2D eigenvalue weighted by molar-refractivity contribution is 6.18. The van der Waals surface area contributed by atoms with E-state index in [1.54, 1.807) is 38.1 Å². The smallest absolute Gasteiger partial charge is 0.349 e. The van der Waals surface area contributed by atoms with Gasteiger partial charge in [-0.2, -0.15) is 5.10 Å². The average Bonchev–Trinajstić information content (AvgIpc) is 2.72. The number of carbonyl (C=O) groups is 1. The number of nitrogens with two attached hydrogens (primary N) is 1. The standard InChI is InChI=1S/C21H22FN3O5/c1-3-28-20(26)18(21(27)29-4-2)19(23)25-24-13-14-10-11-16(22)17(12-14)30-15-8-6-5-7-9-15/h5-13,26H,3-4H2,1-2H3,(H2,23,25)/b20-18-,24-13?. The summed E-state index contributed by atoms with van der Waals surface area (Å²) in [5.74, 6) is -2.09. The summed E-state index contributed by atoms with van der Waals surface area (Å²) >= 11 is 0. The minimum atomic E-state index is -0.903. The fourth-order valence-electron chi connectivity index (χ4n) is 2.22. The van der Waals surface area contributed by atoms with Gasteiger partial charge in [-0.3, -0.25) is 0 Å². The third kappa shape index (κ3) is 6.33. The first-order valence-corrected chi connectivity index (χ1v) is 9.08. The molecule has 158 valence electrons. The van der Waals surface area contributed by atoms with E-state index in [0.717, 1.165) is 0 Å². The van der Waals surface area contributed by atoms with E-state index in [1.807, 2.05) is 6.07 Å². The predicted molar refractivity (Wildman–Crippen MR) is 110 cm³/mol. The Balaban J connectivity index is 2.23. The number of hydrogen-bond acceptors (Lipinski definition) is 7. The summed E-state index contributed by atoms with van der Waals surface area (Å²) in [6, 6.07) is 12.8. The number of aliphatic hydroxyl groups is 1. The first kappa shape index (κ1) is 22.4. The number of rotatable bonds is 9. The Morgan fingerprint density at radius 2 is 1.83 bits per heavy atom. The maximum Gasteiger partial charge on any atom is 0.349 e. The molecular weight excluding hydrogens is 393 g/mol. The van der Waals surface area contributed by atoms with Crippen molar-refractivity contribution in [2.75, 3.05) is 13.2 Å². The molecule has 2 aromatic rings. The second kappa shape index (κ2) is 11.2. The molecule has 0 aliphatic carbocycles. The van der Waals surface area contributed by atoms with Crippen LogP contribution in [0.2, 0.25) is 0 Å². The molecule has 0 amide bonds. The number of ether oxygens (including phenoxy) is 3. The van der Waals surface area contributed by atoms with Crippen molar-refractivity contribution in [2.24, 2.45) is 15.9 Å². The van der Waals surface area contributed by atoms with E-state index in [0.29, 0.717) is 11.3 Å². The molecule has 0 atom stereocenters. The van der Waals surface area contributed by atoms with E-state index in [2.05, 4.69) is 10.2 Å². The number of amidine groups is 1. The molecule has 0 unspecified atom stereocenters. The zero-order valence-electron chi connectivity index (χ0n) is 16.5. The summed E-state index contributed by atoms with van der Waals surface area (Å²) in [4.78, 5) is 12.0. The summed E-state index contributed by atoms with van der Waals surface area (Å²) in [5.41, 5.74) is 5.78. The lowest BCUT2D eigenvalue weighted by Crippen LogP contribution is -2.25. The first-order chi connectivity index (χ1) is 14.5. The van der Waals surface area contributed by atoms with Crippen molar-refractivity contribution in [1.82, 2.24) is 0 Å². The molecule has 3 N–H and O–H groups in total. The van der Waals surface area contributed by atoms with E-state index in [9.17, 15) is 14.3 Å². The third-order valence-electron chi connectivity index (χ3n) is 3.53. The van der Waals surface area contributed by atoms with E-state index in [-0.39, 0.29) is 19.0 Å². The lowest BCUT2D eigenvalue weighted by atomic mass is 10.2. The highest BCUT2D eigenvalue weighted by Gasteiger charge is 2.22. The maximum atomic E-state index is 14.0. The summed E-state index contributed by atoms with van der Waals surface area (Å²) in [5, 5.41) is 17.4. The van der Waals surface area contributed by atoms with Gasteiger partial charge in [0.25, 0.3) is 5.95 Å². The van der Waals surface area contributed by atoms with Crippen LogP contribution in [-0.2, 0) is 14.3 Å². The van der Waals surface area contributed by atoms with Gasteiger partial charge in [0.15, 0.2) is 23.0 Å². The molecule has 0 radical (unpaired) electrons. The lowest BCUT2D eigenvalue weighted by Gasteiger charge is -2.08. The molecule has 8 nitrogen and oxygen atoms in total.